The number of ether oxygens (including phenoxy) is 1. The molecule has 0 radical (unpaired) electrons. The molecule has 3 aliphatic heterocycles. The summed E-state index contributed by atoms with van der Waals surface area (Å²) in [6.45, 7) is 12.0. The molecule has 16 heteroatoms. The van der Waals surface area contributed by atoms with E-state index >= 15 is 0 Å². The molecule has 7 rings (SSSR count). The minimum atomic E-state index is -4.43. The number of hydrogen-bond acceptors (Lipinski definition) is 10. The number of imide groups is 1. The van der Waals surface area contributed by atoms with Gasteiger partial charge in [0.2, 0.25) is 5.69 Å². The normalized spacial score (nSPS) is 19.3. The Morgan fingerprint density at radius 1 is 0.791 bits per heavy atom. The Labute approximate surface area is 393 Å². The Bertz CT molecular complexity index is 2820. The number of anilines is 1. The molecule has 0 saturated carbocycles. The highest BCUT2D eigenvalue weighted by Crippen LogP contribution is 2.48. The SMILES string of the molecule is Cc1ccc2c(c1)C(C)(C)C(/C=C/C1=C(Oc3ccc(S(=O)(=O)O)cc3)C(=C/C=C3/N(CCCCS(=O)(=O)O)c4ccccc4C3(C)C)/CCC1)=[N+]2CCCCCC(=O)ON1C(=O)CCC1=O. The Balaban J connectivity index is 1.22. The molecular formula is C51H60N3O11S2+. The molecule has 4 aliphatic rings. The molecule has 3 aromatic rings. The molecule has 1 saturated heterocycles. The summed E-state index contributed by atoms with van der Waals surface area (Å²) in [6.07, 6.45) is 13.7. The standard InChI is InChI=1S/C51H59N3O11S2/c1-35-19-26-43-41(34-35)51(4,5)45(53(43)31-10-6-7-18-48(57)65-54-46(55)29-30-47(54)56)28-21-37-15-13-14-36(49(37)64-38-22-24-39(25-23-38)67(61,62)63)20-27-44-50(2,3)40-16-8-9-17-42(40)52(44)32-11-12-33-66(58,59)60/h8-9,16-17,19-28,34H,6-7,10-15,18,29-33H2,1-5H3,(H-,58,59,60,61,62,63)/p+1. The molecular weight excluding hydrogens is 895 g/mol. The highest BCUT2D eigenvalue weighted by atomic mass is 32.2. The first-order valence-electron chi connectivity index (χ1n) is 22.9. The summed E-state index contributed by atoms with van der Waals surface area (Å²) in [5.74, 6) is -0.898. The van der Waals surface area contributed by atoms with Crippen LogP contribution < -0.4 is 9.64 Å². The van der Waals surface area contributed by atoms with Gasteiger partial charge in [0.15, 0.2) is 5.71 Å². The van der Waals surface area contributed by atoms with E-state index in [0.717, 1.165) is 57.9 Å². The van der Waals surface area contributed by atoms with Crippen LogP contribution >= 0.6 is 0 Å². The van der Waals surface area contributed by atoms with Gasteiger partial charge in [0.1, 0.15) is 18.1 Å². The molecule has 0 aromatic heterocycles. The second kappa shape index (κ2) is 19.9. The molecule has 2 amide bonds. The predicted octanol–water partition coefficient (Wildman–Crippen LogP) is 9.13. The van der Waals surface area contributed by atoms with Gasteiger partial charge in [0.05, 0.1) is 16.1 Å². The Morgan fingerprint density at radius 3 is 2.21 bits per heavy atom. The first-order chi connectivity index (χ1) is 31.6. The quantitative estimate of drug-likeness (QED) is 0.0534. The number of hydroxylamine groups is 2. The third kappa shape index (κ3) is 11.2. The lowest BCUT2D eigenvalue weighted by Gasteiger charge is -2.27. The van der Waals surface area contributed by atoms with Crippen LogP contribution in [0.2, 0.25) is 0 Å². The first-order valence-corrected chi connectivity index (χ1v) is 25.9. The summed E-state index contributed by atoms with van der Waals surface area (Å²) >= 11 is 0. The minimum Gasteiger partial charge on any atom is -0.457 e. The molecule has 356 valence electrons. The zero-order valence-electron chi connectivity index (χ0n) is 38.8. The fraction of sp³-hybridized carbons (Fsp3) is 0.412. The van der Waals surface area contributed by atoms with E-state index in [0.29, 0.717) is 68.2 Å². The Hall–Kier alpha value is -5.68. The molecule has 1 aliphatic carbocycles. The van der Waals surface area contributed by atoms with Gasteiger partial charge in [-0.3, -0.25) is 18.7 Å². The topological polar surface area (TPSA) is 188 Å². The molecule has 0 spiro atoms. The number of benzene rings is 3. The predicted molar refractivity (Wildman–Crippen MR) is 255 cm³/mol. The number of nitrogens with zero attached hydrogens (tertiary/aromatic N) is 3. The van der Waals surface area contributed by atoms with Gasteiger partial charge < -0.3 is 14.5 Å². The van der Waals surface area contributed by atoms with Gasteiger partial charge >= 0.3 is 5.97 Å². The van der Waals surface area contributed by atoms with Crippen LogP contribution in [0.1, 0.15) is 115 Å². The average molecular weight is 955 g/mol. The van der Waals surface area contributed by atoms with Crippen molar-refractivity contribution in [1.29, 1.82) is 0 Å². The maximum atomic E-state index is 12.5. The third-order valence-electron chi connectivity index (χ3n) is 13.0. The van der Waals surface area contributed by atoms with Crippen LogP contribution in [0, 0.1) is 6.92 Å². The number of hydrogen-bond donors (Lipinski definition) is 2. The monoisotopic (exact) mass is 954 g/mol. The first kappa shape index (κ1) is 49.2. The highest BCUT2D eigenvalue weighted by molar-refractivity contribution is 7.86. The third-order valence-corrected chi connectivity index (χ3v) is 14.7. The number of carbonyl (C=O) groups is 3. The van der Waals surface area contributed by atoms with Crippen molar-refractivity contribution in [2.75, 3.05) is 23.7 Å². The van der Waals surface area contributed by atoms with Crippen molar-refractivity contribution in [2.45, 2.75) is 121 Å². The average Bonchev–Trinajstić information content (AvgIpc) is 3.78. The second-order valence-corrected chi connectivity index (χ2v) is 21.7. The van der Waals surface area contributed by atoms with Crippen LogP contribution in [0.3, 0.4) is 0 Å². The van der Waals surface area contributed by atoms with E-state index in [-0.39, 0.29) is 35.3 Å². The summed E-state index contributed by atoms with van der Waals surface area (Å²) in [5.41, 5.74) is 8.80. The van der Waals surface area contributed by atoms with E-state index in [1.54, 1.807) is 0 Å². The van der Waals surface area contributed by atoms with Crippen LogP contribution in [0.4, 0.5) is 11.4 Å². The summed E-state index contributed by atoms with van der Waals surface area (Å²) in [6, 6.07) is 20.3. The lowest BCUT2D eigenvalue weighted by molar-refractivity contribution is -0.438. The number of allylic oxidation sites excluding steroid dienone is 7. The van der Waals surface area contributed by atoms with E-state index in [9.17, 15) is 40.3 Å². The maximum absolute atomic E-state index is 12.5. The molecule has 0 unspecified atom stereocenters. The second-order valence-electron chi connectivity index (χ2n) is 18.7. The van der Waals surface area contributed by atoms with Crippen molar-refractivity contribution >= 4 is 55.1 Å². The van der Waals surface area contributed by atoms with Crippen LogP contribution in [-0.2, 0) is 50.3 Å². The zero-order valence-corrected chi connectivity index (χ0v) is 40.4. The smallest absolute Gasteiger partial charge is 0.333 e. The van der Waals surface area contributed by atoms with E-state index in [4.69, 9.17) is 9.57 Å². The lowest BCUT2D eigenvalue weighted by Crippen LogP contribution is -2.31. The maximum Gasteiger partial charge on any atom is 0.333 e. The number of fused-ring (bicyclic) bond motifs is 2. The number of amides is 2. The Kier molecular flexibility index (Phi) is 14.6. The molecule has 0 atom stereocenters. The number of carbonyl (C=O) groups excluding carboxylic acids is 3. The van der Waals surface area contributed by atoms with Gasteiger partial charge in [-0.2, -0.15) is 21.4 Å². The van der Waals surface area contributed by atoms with Crippen molar-refractivity contribution in [3.63, 3.8) is 0 Å². The van der Waals surface area contributed by atoms with E-state index in [1.165, 1.54) is 29.8 Å². The molecule has 3 aromatic carbocycles. The fourth-order valence-electron chi connectivity index (χ4n) is 9.50. The number of rotatable bonds is 18. The lowest BCUT2D eigenvalue weighted by atomic mass is 9.80. The van der Waals surface area contributed by atoms with Crippen molar-refractivity contribution in [1.82, 2.24) is 5.06 Å². The molecule has 67 heavy (non-hydrogen) atoms. The molecule has 3 heterocycles. The minimum absolute atomic E-state index is 0.0438. The van der Waals surface area contributed by atoms with Gasteiger partial charge in [0.25, 0.3) is 32.1 Å². The fourth-order valence-corrected chi connectivity index (χ4v) is 10.5. The van der Waals surface area contributed by atoms with E-state index in [1.807, 2.05) is 12.1 Å². The summed E-state index contributed by atoms with van der Waals surface area (Å²) in [4.78, 5) is 43.4. The largest absolute Gasteiger partial charge is 0.457 e. The van der Waals surface area contributed by atoms with Crippen LogP contribution in [0.25, 0.3) is 0 Å². The van der Waals surface area contributed by atoms with E-state index in [2.05, 4.69) is 98.7 Å². The van der Waals surface area contributed by atoms with Gasteiger partial charge in [-0.05, 0) is 131 Å². The van der Waals surface area contributed by atoms with Crippen molar-refractivity contribution in [2.24, 2.45) is 0 Å². The zero-order chi connectivity index (χ0) is 48.3. The number of aryl methyl sites for hydroxylation is 1. The summed E-state index contributed by atoms with van der Waals surface area (Å²) < 4.78 is 75.0. The molecule has 2 N–H and O–H groups in total. The van der Waals surface area contributed by atoms with Crippen LogP contribution in [0.15, 0.2) is 119 Å². The summed E-state index contributed by atoms with van der Waals surface area (Å²) in [7, 11) is -8.51. The molecule has 1 fully saturated rings. The number of unbranched alkanes of at least 4 members (excludes halogenated alkanes) is 3. The van der Waals surface area contributed by atoms with Gasteiger partial charge in [-0.1, -0.05) is 49.8 Å². The highest BCUT2D eigenvalue weighted by Gasteiger charge is 2.44. The van der Waals surface area contributed by atoms with Gasteiger partial charge in [-0.15, -0.1) is 5.06 Å². The number of para-hydroxylation sites is 1. The molecule has 0 bridgehead atoms. The van der Waals surface area contributed by atoms with Gasteiger partial charge in [0, 0.05) is 66.7 Å². The van der Waals surface area contributed by atoms with Crippen molar-refractivity contribution in [3.8, 4) is 5.75 Å². The summed E-state index contributed by atoms with van der Waals surface area (Å²) in [5, 5.41) is 0.584. The van der Waals surface area contributed by atoms with E-state index < -0.39 is 43.4 Å². The van der Waals surface area contributed by atoms with Gasteiger partial charge in [-0.25, -0.2) is 4.79 Å². The van der Waals surface area contributed by atoms with Crippen molar-refractivity contribution < 1.29 is 54.5 Å². The van der Waals surface area contributed by atoms with Crippen LogP contribution in [0.5, 0.6) is 5.75 Å². The van der Waals surface area contributed by atoms with Crippen molar-refractivity contribution in [3.05, 3.63) is 130 Å². The molecule has 14 nitrogen and oxygen atoms in total. The Morgan fingerprint density at radius 2 is 1.51 bits per heavy atom. The van der Waals surface area contributed by atoms with Crippen LogP contribution in [-0.4, -0.2) is 77.9 Å².